The van der Waals surface area contributed by atoms with Gasteiger partial charge in [0.2, 0.25) is 0 Å². The third-order valence-corrected chi connectivity index (χ3v) is 4.06. The second-order valence-corrected chi connectivity index (χ2v) is 5.86. The van der Waals surface area contributed by atoms with Gasteiger partial charge in [0, 0.05) is 17.8 Å². The molecule has 0 unspecified atom stereocenters. The smallest absolute Gasteiger partial charge is 0.138 e. The van der Waals surface area contributed by atoms with E-state index in [1.165, 1.54) is 16.3 Å². The molecule has 2 heterocycles. The number of fused-ring (bicyclic) bond motifs is 1. The standard InChI is InChI=1S/C13H20N4S/c1-4-10-8-11-12(14-6-5-7-17(2)3)15-9-16-13(11)18-10/h8-9H,4-7H2,1-3H3,(H,14,15,16)/p+1. The first-order chi connectivity index (χ1) is 8.70. The van der Waals surface area contributed by atoms with E-state index < -0.39 is 0 Å². The van der Waals surface area contributed by atoms with Gasteiger partial charge in [-0.3, -0.25) is 0 Å². The molecule has 0 aliphatic heterocycles. The Hall–Kier alpha value is -1.20. The summed E-state index contributed by atoms with van der Waals surface area (Å²) in [6, 6.07) is 2.21. The van der Waals surface area contributed by atoms with Crippen molar-refractivity contribution in [1.29, 1.82) is 0 Å². The number of nitrogens with one attached hydrogen (secondary N) is 2. The molecule has 0 aliphatic carbocycles. The van der Waals surface area contributed by atoms with Crippen molar-refractivity contribution in [2.24, 2.45) is 0 Å². The lowest BCUT2D eigenvalue weighted by atomic mass is 10.3. The van der Waals surface area contributed by atoms with Gasteiger partial charge in [-0.25, -0.2) is 9.97 Å². The largest absolute Gasteiger partial charge is 0.369 e. The molecule has 18 heavy (non-hydrogen) atoms. The highest BCUT2D eigenvalue weighted by Gasteiger charge is 2.07. The van der Waals surface area contributed by atoms with Crippen LogP contribution in [0, 0.1) is 0 Å². The molecule has 0 aliphatic rings. The molecule has 0 spiro atoms. The Bertz CT molecular complexity index is 507. The van der Waals surface area contributed by atoms with Gasteiger partial charge in [-0.2, -0.15) is 0 Å². The molecule has 2 aromatic heterocycles. The van der Waals surface area contributed by atoms with Gasteiger partial charge < -0.3 is 10.2 Å². The number of nitrogens with zero attached hydrogens (tertiary/aromatic N) is 2. The molecule has 0 aromatic carbocycles. The number of hydrogen-bond donors (Lipinski definition) is 2. The molecule has 0 atom stereocenters. The number of thiophene rings is 1. The van der Waals surface area contributed by atoms with E-state index in [0.717, 1.165) is 35.4 Å². The van der Waals surface area contributed by atoms with Crippen LogP contribution >= 0.6 is 11.3 Å². The van der Waals surface area contributed by atoms with Crippen molar-refractivity contribution < 1.29 is 4.90 Å². The van der Waals surface area contributed by atoms with Crippen LogP contribution in [0.25, 0.3) is 10.2 Å². The van der Waals surface area contributed by atoms with Crippen molar-refractivity contribution in [2.75, 3.05) is 32.5 Å². The van der Waals surface area contributed by atoms with E-state index in [2.05, 4.69) is 42.4 Å². The number of rotatable bonds is 6. The lowest BCUT2D eigenvalue weighted by molar-refractivity contribution is -0.858. The normalized spacial score (nSPS) is 11.3. The third kappa shape index (κ3) is 3.17. The van der Waals surface area contributed by atoms with E-state index in [4.69, 9.17) is 0 Å². The van der Waals surface area contributed by atoms with Crippen LogP contribution < -0.4 is 10.2 Å². The zero-order chi connectivity index (χ0) is 13.0. The number of anilines is 1. The Balaban J connectivity index is 2.05. The summed E-state index contributed by atoms with van der Waals surface area (Å²) in [4.78, 5) is 12.6. The van der Waals surface area contributed by atoms with Crippen molar-refractivity contribution >= 4 is 27.4 Å². The van der Waals surface area contributed by atoms with Crippen LogP contribution in [0.15, 0.2) is 12.4 Å². The molecule has 0 bridgehead atoms. The minimum Gasteiger partial charge on any atom is -0.369 e. The maximum absolute atomic E-state index is 4.35. The van der Waals surface area contributed by atoms with Gasteiger partial charge >= 0.3 is 0 Å². The lowest BCUT2D eigenvalue weighted by Gasteiger charge is -2.08. The topological polar surface area (TPSA) is 42.2 Å². The zero-order valence-electron chi connectivity index (χ0n) is 11.3. The van der Waals surface area contributed by atoms with Crippen LogP contribution in [0.5, 0.6) is 0 Å². The summed E-state index contributed by atoms with van der Waals surface area (Å²) in [6.45, 7) is 4.31. The second-order valence-electron chi connectivity index (χ2n) is 4.74. The predicted molar refractivity (Wildman–Crippen MR) is 77.6 cm³/mol. The highest BCUT2D eigenvalue weighted by Crippen LogP contribution is 2.28. The van der Waals surface area contributed by atoms with Crippen molar-refractivity contribution in [3.63, 3.8) is 0 Å². The summed E-state index contributed by atoms with van der Waals surface area (Å²) < 4.78 is 0. The highest BCUT2D eigenvalue weighted by atomic mass is 32.1. The highest BCUT2D eigenvalue weighted by molar-refractivity contribution is 7.18. The fourth-order valence-electron chi connectivity index (χ4n) is 1.87. The molecule has 0 amide bonds. The van der Waals surface area contributed by atoms with Gasteiger partial charge in [0.1, 0.15) is 17.0 Å². The first-order valence-corrected chi connectivity index (χ1v) is 7.28. The Morgan fingerprint density at radius 1 is 1.33 bits per heavy atom. The van der Waals surface area contributed by atoms with Gasteiger partial charge in [0.15, 0.2) is 0 Å². The number of hydrogen-bond acceptors (Lipinski definition) is 4. The molecular weight excluding hydrogens is 244 g/mol. The molecule has 2 aromatic rings. The van der Waals surface area contributed by atoms with Crippen molar-refractivity contribution in [1.82, 2.24) is 9.97 Å². The Labute approximate surface area is 112 Å². The molecule has 0 saturated carbocycles. The maximum Gasteiger partial charge on any atom is 0.138 e. The van der Waals surface area contributed by atoms with Crippen LogP contribution in [-0.2, 0) is 6.42 Å². The van der Waals surface area contributed by atoms with Crippen LogP contribution in [0.3, 0.4) is 0 Å². The van der Waals surface area contributed by atoms with Crippen LogP contribution in [0.4, 0.5) is 5.82 Å². The molecule has 0 radical (unpaired) electrons. The lowest BCUT2D eigenvalue weighted by Crippen LogP contribution is -3.05. The van der Waals surface area contributed by atoms with Gasteiger partial charge in [0.05, 0.1) is 26.0 Å². The predicted octanol–water partition coefficient (Wildman–Crippen LogP) is 1.20. The SMILES string of the molecule is CCc1cc2c(NCCC[NH+](C)C)ncnc2s1. The second kappa shape index (κ2) is 6.11. The summed E-state index contributed by atoms with van der Waals surface area (Å²) in [5.41, 5.74) is 0. The van der Waals surface area contributed by atoms with Gasteiger partial charge in [-0.05, 0) is 12.5 Å². The fraction of sp³-hybridized carbons (Fsp3) is 0.538. The summed E-state index contributed by atoms with van der Waals surface area (Å²) in [6.07, 6.45) is 3.86. The van der Waals surface area contributed by atoms with Gasteiger partial charge in [0.25, 0.3) is 0 Å². The molecular formula is C13H21N4S+. The summed E-state index contributed by atoms with van der Waals surface area (Å²) in [5, 5.41) is 4.59. The van der Waals surface area contributed by atoms with Gasteiger partial charge in [-0.1, -0.05) is 6.92 Å². The number of quaternary nitrogens is 1. The molecule has 5 heteroatoms. The van der Waals surface area contributed by atoms with Crippen LogP contribution in [-0.4, -0.2) is 37.2 Å². The number of aryl methyl sites for hydroxylation is 1. The molecule has 98 valence electrons. The summed E-state index contributed by atoms with van der Waals surface area (Å²) in [7, 11) is 4.35. The summed E-state index contributed by atoms with van der Waals surface area (Å²) >= 11 is 1.76. The maximum atomic E-state index is 4.35. The van der Waals surface area contributed by atoms with E-state index in [1.807, 2.05) is 0 Å². The molecule has 0 fully saturated rings. The van der Waals surface area contributed by atoms with Crippen LogP contribution in [0.1, 0.15) is 18.2 Å². The van der Waals surface area contributed by atoms with Crippen molar-refractivity contribution in [3.8, 4) is 0 Å². The van der Waals surface area contributed by atoms with E-state index >= 15 is 0 Å². The average Bonchev–Trinajstić information content (AvgIpc) is 2.78. The molecule has 2 rings (SSSR count). The van der Waals surface area contributed by atoms with Crippen molar-refractivity contribution in [2.45, 2.75) is 19.8 Å². The van der Waals surface area contributed by atoms with E-state index in [9.17, 15) is 0 Å². The fourth-order valence-corrected chi connectivity index (χ4v) is 2.80. The van der Waals surface area contributed by atoms with E-state index in [0.29, 0.717) is 0 Å². The Kier molecular flexibility index (Phi) is 4.49. The quantitative estimate of drug-likeness (QED) is 0.771. The molecule has 2 N–H and O–H groups in total. The minimum atomic E-state index is 0.967. The monoisotopic (exact) mass is 265 g/mol. The molecule has 4 nitrogen and oxygen atoms in total. The minimum absolute atomic E-state index is 0.967. The molecule has 0 saturated heterocycles. The van der Waals surface area contributed by atoms with Gasteiger partial charge in [-0.15, -0.1) is 11.3 Å². The van der Waals surface area contributed by atoms with E-state index in [-0.39, 0.29) is 0 Å². The zero-order valence-corrected chi connectivity index (χ0v) is 12.1. The number of aromatic nitrogens is 2. The van der Waals surface area contributed by atoms with E-state index in [1.54, 1.807) is 17.7 Å². The van der Waals surface area contributed by atoms with Crippen molar-refractivity contribution in [3.05, 3.63) is 17.3 Å². The summed E-state index contributed by atoms with van der Waals surface area (Å²) in [5.74, 6) is 0.977. The Morgan fingerprint density at radius 2 is 2.17 bits per heavy atom. The first-order valence-electron chi connectivity index (χ1n) is 6.47. The van der Waals surface area contributed by atoms with Crippen LogP contribution in [0.2, 0.25) is 0 Å². The first kappa shape index (κ1) is 13.2. The average molecular weight is 265 g/mol. The third-order valence-electron chi connectivity index (χ3n) is 2.87. The Morgan fingerprint density at radius 3 is 2.89 bits per heavy atom.